The summed E-state index contributed by atoms with van der Waals surface area (Å²) in [6.45, 7) is 1.34. The van der Waals surface area contributed by atoms with Gasteiger partial charge in [-0.05, 0) is 25.7 Å². The average molecular weight is 312 g/mol. The second-order valence-electron chi connectivity index (χ2n) is 6.64. The van der Waals surface area contributed by atoms with Crippen molar-refractivity contribution in [2.45, 2.75) is 31.3 Å². The number of aliphatic hydroxyl groups is 1. The Balaban J connectivity index is 1.50. The van der Waals surface area contributed by atoms with Crippen molar-refractivity contribution in [3.8, 4) is 11.3 Å². The third-order valence-corrected chi connectivity index (χ3v) is 5.02. The zero-order chi connectivity index (χ0) is 15.9. The summed E-state index contributed by atoms with van der Waals surface area (Å²) in [6.07, 6.45) is 3.65. The van der Waals surface area contributed by atoms with Gasteiger partial charge in [0.15, 0.2) is 11.5 Å². The number of piperidine rings is 1. The lowest BCUT2D eigenvalue weighted by Crippen LogP contribution is -2.44. The van der Waals surface area contributed by atoms with Gasteiger partial charge < -0.3 is 14.5 Å². The lowest BCUT2D eigenvalue weighted by molar-refractivity contribution is 0.0277. The van der Waals surface area contributed by atoms with E-state index < -0.39 is 5.60 Å². The summed E-state index contributed by atoms with van der Waals surface area (Å²) in [6, 6.07) is 11.3. The maximum atomic E-state index is 12.7. The van der Waals surface area contributed by atoms with Crippen molar-refractivity contribution in [2.75, 3.05) is 13.1 Å². The summed E-state index contributed by atoms with van der Waals surface area (Å²) in [5.41, 5.74) is 0.716. The molecule has 120 valence electrons. The Morgan fingerprint density at radius 2 is 2.09 bits per heavy atom. The standard InChI is InChI=1S/C18H20N2O3/c21-17(20-10-4-7-14(12-20)18(22)8-9-18)15-11-16(23-19-15)13-5-2-1-3-6-13/h1-3,5-6,11,14,22H,4,7-10,12H2. The molecule has 2 aliphatic rings. The van der Waals surface area contributed by atoms with Crippen molar-refractivity contribution < 1.29 is 14.4 Å². The van der Waals surface area contributed by atoms with Crippen molar-refractivity contribution in [3.05, 3.63) is 42.1 Å². The number of hydrogen-bond donors (Lipinski definition) is 1. The molecule has 23 heavy (non-hydrogen) atoms. The van der Waals surface area contributed by atoms with Gasteiger partial charge in [-0.2, -0.15) is 0 Å². The van der Waals surface area contributed by atoms with Gasteiger partial charge in [0.25, 0.3) is 5.91 Å². The number of amides is 1. The van der Waals surface area contributed by atoms with E-state index in [1.54, 1.807) is 11.0 Å². The summed E-state index contributed by atoms with van der Waals surface area (Å²) < 4.78 is 5.32. The highest BCUT2D eigenvalue weighted by Crippen LogP contribution is 2.45. The third kappa shape index (κ3) is 2.77. The minimum Gasteiger partial charge on any atom is -0.390 e. The molecule has 4 rings (SSSR count). The smallest absolute Gasteiger partial charge is 0.276 e. The molecule has 1 aromatic heterocycles. The molecular formula is C18H20N2O3. The molecule has 5 heteroatoms. The van der Waals surface area contributed by atoms with E-state index in [1.165, 1.54) is 0 Å². The van der Waals surface area contributed by atoms with Crippen LogP contribution >= 0.6 is 0 Å². The Hall–Kier alpha value is -2.14. The van der Waals surface area contributed by atoms with Crippen LogP contribution in [0, 0.1) is 5.92 Å². The first-order valence-corrected chi connectivity index (χ1v) is 8.19. The number of carbonyl (C=O) groups excluding carboxylic acids is 1. The normalized spacial score (nSPS) is 22.8. The predicted octanol–water partition coefficient (Wildman–Crippen LogP) is 2.72. The SMILES string of the molecule is O=C(c1cc(-c2ccccc2)on1)N1CCCC(C2(O)CC2)C1. The molecule has 1 saturated heterocycles. The molecule has 0 radical (unpaired) electrons. The molecule has 1 amide bonds. The van der Waals surface area contributed by atoms with E-state index >= 15 is 0 Å². The molecule has 2 fully saturated rings. The molecular weight excluding hydrogens is 292 g/mol. The number of nitrogens with zero attached hydrogens (tertiary/aromatic N) is 2. The maximum absolute atomic E-state index is 12.7. The Bertz CT molecular complexity index is 706. The van der Waals surface area contributed by atoms with Crippen LogP contribution in [0.5, 0.6) is 0 Å². The van der Waals surface area contributed by atoms with Gasteiger partial charge in [0.2, 0.25) is 0 Å². The molecule has 0 bridgehead atoms. The van der Waals surface area contributed by atoms with E-state index in [0.29, 0.717) is 18.0 Å². The third-order valence-electron chi connectivity index (χ3n) is 5.02. The molecule has 1 atom stereocenters. The van der Waals surface area contributed by atoms with Crippen LogP contribution in [0.25, 0.3) is 11.3 Å². The molecule has 1 aliphatic heterocycles. The van der Waals surface area contributed by atoms with Crippen molar-refractivity contribution in [1.82, 2.24) is 10.1 Å². The molecule has 1 aromatic carbocycles. The van der Waals surface area contributed by atoms with Gasteiger partial charge in [-0.1, -0.05) is 35.5 Å². The highest BCUT2D eigenvalue weighted by Gasteiger charge is 2.49. The number of benzene rings is 1. The van der Waals surface area contributed by atoms with Gasteiger partial charge in [0.1, 0.15) is 0 Å². The Morgan fingerprint density at radius 1 is 1.30 bits per heavy atom. The monoisotopic (exact) mass is 312 g/mol. The predicted molar refractivity (Wildman–Crippen MR) is 84.8 cm³/mol. The van der Waals surface area contributed by atoms with Crippen molar-refractivity contribution in [2.24, 2.45) is 5.92 Å². The second-order valence-corrected chi connectivity index (χ2v) is 6.64. The molecule has 0 spiro atoms. The van der Waals surface area contributed by atoms with Crippen LogP contribution in [0.15, 0.2) is 40.9 Å². The van der Waals surface area contributed by atoms with Gasteiger partial charge in [0.05, 0.1) is 5.60 Å². The Kier molecular flexibility index (Phi) is 3.45. The fourth-order valence-electron chi connectivity index (χ4n) is 3.41. The quantitative estimate of drug-likeness (QED) is 0.946. The van der Waals surface area contributed by atoms with E-state index in [2.05, 4.69) is 5.16 Å². The number of carbonyl (C=O) groups is 1. The minimum absolute atomic E-state index is 0.107. The number of aromatic nitrogens is 1. The van der Waals surface area contributed by atoms with Crippen LogP contribution in [-0.4, -0.2) is 39.8 Å². The van der Waals surface area contributed by atoms with Crippen LogP contribution in [0.3, 0.4) is 0 Å². The first kappa shape index (κ1) is 14.5. The molecule has 2 heterocycles. The summed E-state index contributed by atoms with van der Waals surface area (Å²) in [4.78, 5) is 14.5. The zero-order valence-corrected chi connectivity index (χ0v) is 12.9. The molecule has 1 unspecified atom stereocenters. The van der Waals surface area contributed by atoms with E-state index in [0.717, 1.165) is 37.8 Å². The van der Waals surface area contributed by atoms with Gasteiger partial charge in [-0.15, -0.1) is 0 Å². The van der Waals surface area contributed by atoms with Crippen LogP contribution in [0.2, 0.25) is 0 Å². The lowest BCUT2D eigenvalue weighted by Gasteiger charge is -2.34. The molecule has 5 nitrogen and oxygen atoms in total. The van der Waals surface area contributed by atoms with Gasteiger partial charge in [-0.3, -0.25) is 4.79 Å². The Labute approximate surface area is 134 Å². The molecule has 2 aromatic rings. The van der Waals surface area contributed by atoms with E-state index in [1.807, 2.05) is 30.3 Å². The summed E-state index contributed by atoms with van der Waals surface area (Å²) in [7, 11) is 0. The van der Waals surface area contributed by atoms with E-state index in [9.17, 15) is 9.90 Å². The summed E-state index contributed by atoms with van der Waals surface area (Å²) in [5, 5.41) is 14.2. The van der Waals surface area contributed by atoms with Crippen LogP contribution in [0.1, 0.15) is 36.2 Å². The minimum atomic E-state index is -0.530. The fourth-order valence-corrected chi connectivity index (χ4v) is 3.41. The topological polar surface area (TPSA) is 66.6 Å². The Morgan fingerprint density at radius 3 is 2.83 bits per heavy atom. The van der Waals surface area contributed by atoms with Gasteiger partial charge in [0, 0.05) is 30.6 Å². The highest BCUT2D eigenvalue weighted by atomic mass is 16.5. The van der Waals surface area contributed by atoms with Crippen molar-refractivity contribution in [1.29, 1.82) is 0 Å². The molecule has 1 N–H and O–H groups in total. The zero-order valence-electron chi connectivity index (χ0n) is 12.9. The van der Waals surface area contributed by atoms with Crippen LogP contribution < -0.4 is 0 Å². The van der Waals surface area contributed by atoms with E-state index in [4.69, 9.17) is 4.52 Å². The number of likely N-dealkylation sites (tertiary alicyclic amines) is 1. The van der Waals surface area contributed by atoms with Gasteiger partial charge in [-0.25, -0.2) is 0 Å². The van der Waals surface area contributed by atoms with Crippen LogP contribution in [0.4, 0.5) is 0 Å². The van der Waals surface area contributed by atoms with Crippen molar-refractivity contribution >= 4 is 5.91 Å². The lowest BCUT2D eigenvalue weighted by atomic mass is 9.90. The maximum Gasteiger partial charge on any atom is 0.276 e. The number of hydrogen-bond acceptors (Lipinski definition) is 4. The number of rotatable bonds is 3. The van der Waals surface area contributed by atoms with E-state index in [-0.39, 0.29) is 11.8 Å². The van der Waals surface area contributed by atoms with Gasteiger partial charge >= 0.3 is 0 Å². The first-order valence-electron chi connectivity index (χ1n) is 8.19. The average Bonchev–Trinajstić information content (AvgIpc) is 3.17. The summed E-state index contributed by atoms with van der Waals surface area (Å²) in [5.74, 6) is 0.689. The largest absolute Gasteiger partial charge is 0.390 e. The molecule has 1 saturated carbocycles. The fraction of sp³-hybridized carbons (Fsp3) is 0.444. The summed E-state index contributed by atoms with van der Waals surface area (Å²) >= 11 is 0. The molecule has 1 aliphatic carbocycles. The second kappa shape index (κ2) is 5.49. The van der Waals surface area contributed by atoms with Crippen LogP contribution in [-0.2, 0) is 0 Å². The highest BCUT2D eigenvalue weighted by molar-refractivity contribution is 5.93. The van der Waals surface area contributed by atoms with Crippen molar-refractivity contribution in [3.63, 3.8) is 0 Å². The first-order chi connectivity index (χ1) is 11.2.